The summed E-state index contributed by atoms with van der Waals surface area (Å²) in [7, 11) is 0. The molecular weight excluding hydrogens is 252 g/mol. The summed E-state index contributed by atoms with van der Waals surface area (Å²) < 4.78 is 0. The van der Waals surface area contributed by atoms with Crippen LogP contribution in [0.4, 0.5) is 11.4 Å². The molecule has 0 aromatic heterocycles. The summed E-state index contributed by atoms with van der Waals surface area (Å²) in [5, 5.41) is 5.66. The zero-order chi connectivity index (χ0) is 15.3. The Balaban J connectivity index is 2.59. The van der Waals surface area contributed by atoms with Crippen LogP contribution >= 0.6 is 0 Å². The lowest BCUT2D eigenvalue weighted by Crippen LogP contribution is -2.20. The first-order valence-corrected chi connectivity index (χ1v) is 6.88. The number of benzene rings is 1. The summed E-state index contributed by atoms with van der Waals surface area (Å²) in [6, 6.07) is 7.15. The number of carbonyl (C=O) groups excluding carboxylic acids is 2. The van der Waals surface area contributed by atoms with Crippen LogP contribution in [-0.2, 0) is 9.59 Å². The van der Waals surface area contributed by atoms with Crippen molar-refractivity contribution < 1.29 is 9.59 Å². The average molecular weight is 276 g/mol. The van der Waals surface area contributed by atoms with Gasteiger partial charge in [-0.1, -0.05) is 34.6 Å². The van der Waals surface area contributed by atoms with Crippen LogP contribution < -0.4 is 10.6 Å². The monoisotopic (exact) mass is 276 g/mol. The van der Waals surface area contributed by atoms with Gasteiger partial charge in [0.05, 0.1) is 0 Å². The molecule has 4 nitrogen and oxygen atoms in total. The van der Waals surface area contributed by atoms with E-state index in [0.717, 1.165) is 11.4 Å². The smallest absolute Gasteiger partial charge is 0.226 e. The topological polar surface area (TPSA) is 58.2 Å². The quantitative estimate of drug-likeness (QED) is 0.881. The van der Waals surface area contributed by atoms with E-state index in [-0.39, 0.29) is 23.1 Å². The molecule has 2 N–H and O–H groups in total. The van der Waals surface area contributed by atoms with Crippen molar-refractivity contribution in [3.63, 3.8) is 0 Å². The van der Waals surface area contributed by atoms with Crippen LogP contribution in [0.1, 0.15) is 41.0 Å². The number of rotatable bonds is 4. The molecule has 0 aliphatic rings. The first-order chi connectivity index (χ1) is 9.17. The van der Waals surface area contributed by atoms with Crippen LogP contribution in [0.15, 0.2) is 24.3 Å². The fourth-order valence-corrected chi connectivity index (χ4v) is 1.61. The zero-order valence-corrected chi connectivity index (χ0v) is 12.9. The van der Waals surface area contributed by atoms with Crippen molar-refractivity contribution in [3.8, 4) is 0 Å². The minimum absolute atomic E-state index is 0.00327. The predicted molar refractivity (Wildman–Crippen MR) is 82.6 cm³/mol. The van der Waals surface area contributed by atoms with Crippen LogP contribution in [0, 0.1) is 11.3 Å². The van der Waals surface area contributed by atoms with Gasteiger partial charge in [0.2, 0.25) is 11.8 Å². The van der Waals surface area contributed by atoms with Crippen LogP contribution in [0.25, 0.3) is 0 Å². The van der Waals surface area contributed by atoms with E-state index in [4.69, 9.17) is 0 Å². The average Bonchev–Trinajstić information content (AvgIpc) is 2.28. The van der Waals surface area contributed by atoms with E-state index in [1.54, 1.807) is 24.3 Å². The summed E-state index contributed by atoms with van der Waals surface area (Å²) in [4.78, 5) is 23.4. The Hall–Kier alpha value is -1.84. The molecule has 0 aliphatic heterocycles. The van der Waals surface area contributed by atoms with Crippen LogP contribution in [0.5, 0.6) is 0 Å². The molecule has 4 heteroatoms. The summed E-state index contributed by atoms with van der Waals surface area (Å²) in [6.45, 7) is 9.76. The predicted octanol–water partition coefficient (Wildman–Crippen LogP) is 3.66. The van der Waals surface area contributed by atoms with Gasteiger partial charge in [-0.2, -0.15) is 0 Å². The molecule has 1 rings (SSSR count). The third kappa shape index (κ3) is 5.87. The van der Waals surface area contributed by atoms with Crippen molar-refractivity contribution in [3.05, 3.63) is 24.3 Å². The molecule has 2 amide bonds. The summed E-state index contributed by atoms with van der Waals surface area (Å²) >= 11 is 0. The molecular formula is C16H24N2O2. The molecule has 20 heavy (non-hydrogen) atoms. The Morgan fingerprint density at radius 1 is 1.00 bits per heavy atom. The van der Waals surface area contributed by atoms with Crippen LogP contribution in [0.2, 0.25) is 0 Å². The molecule has 0 aliphatic carbocycles. The highest BCUT2D eigenvalue weighted by Crippen LogP contribution is 2.20. The fraction of sp³-hybridized carbons (Fsp3) is 0.500. The minimum atomic E-state index is -0.0545. The van der Waals surface area contributed by atoms with Gasteiger partial charge in [0.25, 0.3) is 0 Å². The standard InChI is InChI=1S/C16H24N2O2/c1-11(2)15(20)18-13-8-6-12(7-9-13)17-14(19)10-16(3,4)5/h6-9,11H,10H2,1-5H3,(H,17,19)(H,18,20). The normalized spacial score (nSPS) is 11.3. The molecule has 0 heterocycles. The Labute approximate surface area is 121 Å². The zero-order valence-electron chi connectivity index (χ0n) is 12.9. The Morgan fingerprint density at radius 2 is 1.45 bits per heavy atom. The second-order valence-corrected chi connectivity index (χ2v) is 6.51. The summed E-state index contributed by atoms with van der Waals surface area (Å²) in [6.07, 6.45) is 0.471. The highest BCUT2D eigenvalue weighted by atomic mass is 16.2. The second kappa shape index (κ2) is 6.55. The highest BCUT2D eigenvalue weighted by molar-refractivity contribution is 5.93. The minimum Gasteiger partial charge on any atom is -0.326 e. The van der Waals surface area contributed by atoms with Gasteiger partial charge >= 0.3 is 0 Å². The lowest BCUT2D eigenvalue weighted by atomic mass is 9.92. The third-order valence-corrected chi connectivity index (χ3v) is 2.65. The van der Waals surface area contributed by atoms with Crippen molar-refractivity contribution in [1.82, 2.24) is 0 Å². The Bertz CT molecular complexity index is 470. The third-order valence-electron chi connectivity index (χ3n) is 2.65. The lowest BCUT2D eigenvalue weighted by molar-refractivity contribution is -0.119. The lowest BCUT2D eigenvalue weighted by Gasteiger charge is -2.17. The molecule has 0 bridgehead atoms. The van der Waals surface area contributed by atoms with E-state index < -0.39 is 0 Å². The Kier molecular flexibility index (Phi) is 5.31. The second-order valence-electron chi connectivity index (χ2n) is 6.51. The van der Waals surface area contributed by atoms with E-state index in [0.29, 0.717) is 6.42 Å². The van der Waals surface area contributed by atoms with Crippen LogP contribution in [-0.4, -0.2) is 11.8 Å². The first-order valence-electron chi connectivity index (χ1n) is 6.88. The van der Waals surface area contributed by atoms with Crippen molar-refractivity contribution >= 4 is 23.2 Å². The van der Waals surface area contributed by atoms with Gasteiger partial charge in [-0.25, -0.2) is 0 Å². The van der Waals surface area contributed by atoms with Crippen molar-refractivity contribution in [2.24, 2.45) is 11.3 Å². The molecule has 1 aromatic carbocycles. The molecule has 1 aromatic rings. The summed E-state index contributed by atoms with van der Waals surface area (Å²) in [5.74, 6) is -0.0767. The van der Waals surface area contributed by atoms with Crippen molar-refractivity contribution in [2.75, 3.05) is 10.6 Å². The molecule has 0 saturated heterocycles. The number of amides is 2. The molecule has 0 spiro atoms. The number of hydrogen-bond acceptors (Lipinski definition) is 2. The van der Waals surface area contributed by atoms with E-state index in [2.05, 4.69) is 10.6 Å². The molecule has 0 radical (unpaired) electrons. The fourth-order valence-electron chi connectivity index (χ4n) is 1.61. The molecule has 0 unspecified atom stereocenters. The number of anilines is 2. The van der Waals surface area contributed by atoms with Gasteiger partial charge in [-0.3, -0.25) is 9.59 Å². The largest absolute Gasteiger partial charge is 0.326 e. The molecule has 0 atom stereocenters. The van der Waals surface area contributed by atoms with Crippen LogP contribution in [0.3, 0.4) is 0 Å². The maximum atomic E-state index is 11.8. The Morgan fingerprint density at radius 3 is 1.85 bits per heavy atom. The highest BCUT2D eigenvalue weighted by Gasteiger charge is 2.15. The first kappa shape index (κ1) is 16.2. The maximum absolute atomic E-state index is 11.8. The summed E-state index contributed by atoms with van der Waals surface area (Å²) in [5.41, 5.74) is 1.44. The molecule has 0 saturated carbocycles. The van der Waals surface area contributed by atoms with E-state index in [9.17, 15) is 9.59 Å². The SMILES string of the molecule is CC(C)C(=O)Nc1ccc(NC(=O)CC(C)(C)C)cc1. The van der Waals surface area contributed by atoms with Gasteiger partial charge in [0, 0.05) is 23.7 Å². The van der Waals surface area contributed by atoms with Gasteiger partial charge < -0.3 is 10.6 Å². The van der Waals surface area contributed by atoms with E-state index in [1.165, 1.54) is 0 Å². The molecule has 0 fully saturated rings. The number of hydrogen-bond donors (Lipinski definition) is 2. The van der Waals surface area contributed by atoms with Gasteiger partial charge in [0.15, 0.2) is 0 Å². The molecule has 110 valence electrons. The van der Waals surface area contributed by atoms with Gasteiger partial charge in [0.1, 0.15) is 0 Å². The van der Waals surface area contributed by atoms with Crippen molar-refractivity contribution in [1.29, 1.82) is 0 Å². The number of nitrogens with one attached hydrogen (secondary N) is 2. The maximum Gasteiger partial charge on any atom is 0.226 e. The van der Waals surface area contributed by atoms with Gasteiger partial charge in [-0.05, 0) is 29.7 Å². The van der Waals surface area contributed by atoms with Crippen molar-refractivity contribution in [2.45, 2.75) is 41.0 Å². The number of carbonyl (C=O) groups is 2. The van der Waals surface area contributed by atoms with E-state index >= 15 is 0 Å². The van der Waals surface area contributed by atoms with E-state index in [1.807, 2.05) is 34.6 Å². The van der Waals surface area contributed by atoms with Gasteiger partial charge in [-0.15, -0.1) is 0 Å².